The summed E-state index contributed by atoms with van der Waals surface area (Å²) in [4.78, 5) is 19.3. The third-order valence-corrected chi connectivity index (χ3v) is 5.31. The summed E-state index contributed by atoms with van der Waals surface area (Å²) in [7, 11) is 1.93. The Morgan fingerprint density at radius 1 is 1.18 bits per heavy atom. The molecule has 4 rings (SSSR count). The van der Waals surface area contributed by atoms with Gasteiger partial charge in [0.15, 0.2) is 5.69 Å². The van der Waals surface area contributed by atoms with Crippen molar-refractivity contribution in [2.75, 3.05) is 10.7 Å². The number of para-hydroxylation sites is 1. The predicted molar refractivity (Wildman–Crippen MR) is 108 cm³/mol. The van der Waals surface area contributed by atoms with Crippen molar-refractivity contribution in [2.45, 2.75) is 31.7 Å². The molecule has 3 heterocycles. The van der Waals surface area contributed by atoms with Gasteiger partial charge in [-0.1, -0.05) is 43.8 Å². The van der Waals surface area contributed by atoms with E-state index in [4.69, 9.17) is 4.74 Å². The predicted octanol–water partition coefficient (Wildman–Crippen LogP) is 3.82. The lowest BCUT2D eigenvalue weighted by molar-refractivity contribution is -0.120. The molecule has 0 bridgehead atoms. The molecule has 0 spiro atoms. The molecule has 1 aliphatic rings. The second kappa shape index (κ2) is 7.63. The average molecular weight is 395 g/mol. The van der Waals surface area contributed by atoms with E-state index >= 15 is 0 Å². The van der Waals surface area contributed by atoms with Crippen molar-refractivity contribution < 1.29 is 9.53 Å². The summed E-state index contributed by atoms with van der Waals surface area (Å²) in [6.45, 7) is 3.88. The summed E-state index contributed by atoms with van der Waals surface area (Å²) in [6.07, 6.45) is 1.64. The highest BCUT2D eigenvalue weighted by Crippen LogP contribution is 2.43. The number of carbonyl (C=O) groups excluding carboxylic acids is 1. The molecule has 7 nitrogen and oxygen atoms in total. The number of aromatic nitrogens is 4. The molecule has 0 saturated carbocycles. The molecule has 3 aromatic rings. The summed E-state index contributed by atoms with van der Waals surface area (Å²) < 4.78 is 8.29. The number of ether oxygens (including phenoxy) is 1. The summed E-state index contributed by atoms with van der Waals surface area (Å²) >= 11 is 1.50. The highest BCUT2D eigenvalue weighted by molar-refractivity contribution is 7.99. The first-order valence-electron chi connectivity index (χ1n) is 9.20. The van der Waals surface area contributed by atoms with E-state index < -0.39 is 6.23 Å². The maximum absolute atomic E-state index is 13.0. The van der Waals surface area contributed by atoms with Crippen molar-refractivity contribution in [2.24, 2.45) is 7.05 Å². The Balaban J connectivity index is 1.96. The number of fused-ring (bicyclic) bond motifs is 3. The Morgan fingerprint density at radius 2 is 2.00 bits per heavy atom. The first kappa shape index (κ1) is 18.5. The molecule has 1 amide bonds. The number of amides is 1. The number of hydrogen-bond donors (Lipinski definition) is 0. The van der Waals surface area contributed by atoms with Crippen LogP contribution in [-0.4, -0.2) is 31.4 Å². The molecule has 28 heavy (non-hydrogen) atoms. The molecule has 8 heteroatoms. The number of rotatable bonds is 4. The topological polar surface area (TPSA) is 73.1 Å². The van der Waals surface area contributed by atoms with E-state index in [1.165, 1.54) is 11.8 Å². The molecule has 0 saturated heterocycles. The van der Waals surface area contributed by atoms with E-state index in [2.05, 4.69) is 15.2 Å². The molecule has 1 aliphatic heterocycles. The summed E-state index contributed by atoms with van der Waals surface area (Å²) in [5.74, 6) is 1.18. The molecule has 144 valence electrons. The minimum Gasteiger partial charge on any atom is -0.445 e. The molecule has 1 atom stereocenters. The van der Waals surface area contributed by atoms with Crippen LogP contribution in [0.5, 0.6) is 5.88 Å². The smallest absolute Gasteiger partial charge is 0.247 e. The zero-order valence-corrected chi connectivity index (χ0v) is 16.8. The highest BCUT2D eigenvalue weighted by atomic mass is 32.2. The molecule has 0 unspecified atom stereocenters. The van der Waals surface area contributed by atoms with Crippen LogP contribution in [0.25, 0.3) is 11.3 Å². The van der Waals surface area contributed by atoms with Crippen LogP contribution in [0, 0.1) is 0 Å². The van der Waals surface area contributed by atoms with Crippen LogP contribution in [0.4, 0.5) is 5.69 Å². The van der Waals surface area contributed by atoms with E-state index in [0.29, 0.717) is 23.2 Å². The summed E-state index contributed by atoms with van der Waals surface area (Å²) in [6, 6.07) is 11.5. The molecule has 0 radical (unpaired) electrons. The van der Waals surface area contributed by atoms with Crippen molar-refractivity contribution in [3.05, 3.63) is 48.3 Å². The van der Waals surface area contributed by atoms with Gasteiger partial charge in [-0.2, -0.15) is 4.98 Å². The minimum atomic E-state index is -0.647. The SMILES string of the molecule is CCSc1nnc2c(n1)O[C@@H](c1cccn1C)N(C(=O)CC)c1ccccc1-2. The Morgan fingerprint density at radius 3 is 2.71 bits per heavy atom. The van der Waals surface area contributed by atoms with E-state index in [9.17, 15) is 4.79 Å². The third kappa shape index (κ3) is 3.13. The second-order valence-corrected chi connectivity index (χ2v) is 7.56. The maximum Gasteiger partial charge on any atom is 0.247 e. The van der Waals surface area contributed by atoms with Crippen molar-refractivity contribution >= 4 is 23.4 Å². The van der Waals surface area contributed by atoms with E-state index in [1.807, 2.05) is 68.1 Å². The first-order valence-corrected chi connectivity index (χ1v) is 10.2. The number of carbonyl (C=O) groups is 1. The van der Waals surface area contributed by atoms with Gasteiger partial charge in [0.2, 0.25) is 23.2 Å². The first-order chi connectivity index (χ1) is 13.6. The second-order valence-electron chi connectivity index (χ2n) is 6.33. The van der Waals surface area contributed by atoms with Crippen LogP contribution < -0.4 is 9.64 Å². The number of hydrogen-bond acceptors (Lipinski definition) is 6. The Labute approximate surface area is 167 Å². The number of nitrogens with zero attached hydrogens (tertiary/aromatic N) is 5. The molecular formula is C20H21N5O2S. The number of benzene rings is 1. The number of thioether (sulfide) groups is 1. The van der Waals surface area contributed by atoms with Gasteiger partial charge in [-0.3, -0.25) is 9.69 Å². The Bertz CT molecular complexity index is 1020. The van der Waals surface area contributed by atoms with Crippen molar-refractivity contribution in [1.29, 1.82) is 0 Å². The van der Waals surface area contributed by atoms with Gasteiger partial charge in [-0.15, -0.1) is 10.2 Å². The summed E-state index contributed by atoms with van der Waals surface area (Å²) in [5, 5.41) is 9.18. The lowest BCUT2D eigenvalue weighted by atomic mass is 10.1. The lowest BCUT2D eigenvalue weighted by Gasteiger charge is -2.30. The Hall–Kier alpha value is -2.87. The van der Waals surface area contributed by atoms with Crippen LogP contribution in [0.1, 0.15) is 32.2 Å². The van der Waals surface area contributed by atoms with E-state index in [1.54, 1.807) is 4.90 Å². The van der Waals surface area contributed by atoms with E-state index in [-0.39, 0.29) is 5.91 Å². The van der Waals surface area contributed by atoms with Crippen molar-refractivity contribution in [3.8, 4) is 17.1 Å². The molecule has 0 N–H and O–H groups in total. The average Bonchev–Trinajstić information content (AvgIpc) is 3.07. The van der Waals surface area contributed by atoms with Gasteiger partial charge in [0, 0.05) is 25.2 Å². The van der Waals surface area contributed by atoms with Gasteiger partial charge in [0.1, 0.15) is 0 Å². The molecule has 0 aliphatic carbocycles. The van der Waals surface area contributed by atoms with Gasteiger partial charge in [-0.25, -0.2) is 0 Å². The fourth-order valence-electron chi connectivity index (χ4n) is 3.27. The zero-order chi connectivity index (χ0) is 19.7. The van der Waals surface area contributed by atoms with E-state index in [0.717, 1.165) is 22.7 Å². The quantitative estimate of drug-likeness (QED) is 0.625. The van der Waals surface area contributed by atoms with Crippen LogP contribution in [-0.2, 0) is 11.8 Å². The molecule has 1 aromatic carbocycles. The number of anilines is 1. The lowest BCUT2D eigenvalue weighted by Crippen LogP contribution is -2.38. The Kier molecular flexibility index (Phi) is 5.04. The third-order valence-electron chi connectivity index (χ3n) is 4.59. The van der Waals surface area contributed by atoms with Crippen LogP contribution in [0.15, 0.2) is 47.8 Å². The van der Waals surface area contributed by atoms with Crippen LogP contribution in [0.2, 0.25) is 0 Å². The van der Waals surface area contributed by atoms with Gasteiger partial charge in [-0.05, 0) is 24.0 Å². The normalized spacial score (nSPS) is 15.4. The fraction of sp³-hybridized carbons (Fsp3) is 0.300. The molecule has 2 aromatic heterocycles. The maximum atomic E-state index is 13.0. The van der Waals surface area contributed by atoms with Gasteiger partial charge in [0.05, 0.1) is 11.4 Å². The zero-order valence-electron chi connectivity index (χ0n) is 16.0. The largest absolute Gasteiger partial charge is 0.445 e. The molecule has 0 fully saturated rings. The minimum absolute atomic E-state index is 0.0393. The van der Waals surface area contributed by atoms with Crippen LogP contribution in [0.3, 0.4) is 0 Å². The fourth-order valence-corrected chi connectivity index (χ4v) is 3.77. The van der Waals surface area contributed by atoms with Crippen LogP contribution >= 0.6 is 11.8 Å². The van der Waals surface area contributed by atoms with Gasteiger partial charge in [0.25, 0.3) is 0 Å². The summed E-state index contributed by atoms with van der Waals surface area (Å²) in [5.41, 5.74) is 2.92. The highest BCUT2D eigenvalue weighted by Gasteiger charge is 2.36. The standard InChI is InChI=1S/C20H21N5O2S/c1-4-16(26)25-14-10-7-6-9-13(14)17-18(21-20(23-22-17)28-5-2)27-19(25)15-11-8-12-24(15)3/h6-12,19H,4-5H2,1-3H3/t19-/m0/s1. The van der Waals surface area contributed by atoms with Crippen molar-refractivity contribution in [3.63, 3.8) is 0 Å². The van der Waals surface area contributed by atoms with Gasteiger partial charge >= 0.3 is 0 Å². The molecular weight excluding hydrogens is 374 g/mol. The number of aryl methyl sites for hydroxylation is 1. The monoisotopic (exact) mass is 395 g/mol. The van der Waals surface area contributed by atoms with Crippen molar-refractivity contribution in [1.82, 2.24) is 19.7 Å². The van der Waals surface area contributed by atoms with Gasteiger partial charge < -0.3 is 9.30 Å².